The SMILES string of the molecule is COc1ccc2c(ccn2CC(=O)O)c1.FC(F)(F)c1ccc(C2NC3=C(CCCC3)S2)cc1. The molecular weight excluding hydrogens is 465 g/mol. The molecular formula is C25H25F3N2O3S. The number of fused-ring (bicyclic) bond motifs is 1. The summed E-state index contributed by atoms with van der Waals surface area (Å²) in [5, 5.41) is 13.2. The number of allylic oxidation sites excluding steroid dienone is 2. The molecule has 0 fully saturated rings. The predicted octanol–water partition coefficient (Wildman–Crippen LogP) is 6.56. The molecule has 34 heavy (non-hydrogen) atoms. The molecule has 1 aliphatic carbocycles. The van der Waals surface area contributed by atoms with E-state index in [1.165, 1.54) is 23.4 Å². The summed E-state index contributed by atoms with van der Waals surface area (Å²) in [6, 6.07) is 12.9. The predicted molar refractivity (Wildman–Crippen MR) is 127 cm³/mol. The number of nitrogens with one attached hydrogen (secondary N) is 1. The van der Waals surface area contributed by atoms with Crippen LogP contribution in [0.4, 0.5) is 13.2 Å². The van der Waals surface area contributed by atoms with Crippen LogP contribution in [-0.4, -0.2) is 22.8 Å². The molecule has 5 rings (SSSR count). The minimum atomic E-state index is -4.26. The van der Waals surface area contributed by atoms with Gasteiger partial charge in [-0.15, -0.1) is 0 Å². The normalized spacial score (nSPS) is 17.6. The monoisotopic (exact) mass is 490 g/mol. The molecule has 1 unspecified atom stereocenters. The molecule has 2 heterocycles. The van der Waals surface area contributed by atoms with Gasteiger partial charge in [-0.3, -0.25) is 4.79 Å². The highest BCUT2D eigenvalue weighted by Crippen LogP contribution is 2.46. The maximum absolute atomic E-state index is 12.5. The van der Waals surface area contributed by atoms with Gasteiger partial charge in [-0.1, -0.05) is 23.9 Å². The number of methoxy groups -OCH3 is 1. The first-order valence-electron chi connectivity index (χ1n) is 10.9. The average Bonchev–Trinajstić information content (AvgIpc) is 3.42. The molecule has 0 amide bonds. The van der Waals surface area contributed by atoms with E-state index >= 15 is 0 Å². The second-order valence-corrected chi connectivity index (χ2v) is 9.33. The van der Waals surface area contributed by atoms with Gasteiger partial charge in [0.2, 0.25) is 0 Å². The third-order valence-electron chi connectivity index (χ3n) is 5.81. The number of hydrogen-bond acceptors (Lipinski definition) is 4. The highest BCUT2D eigenvalue weighted by Gasteiger charge is 2.31. The topological polar surface area (TPSA) is 63.5 Å². The summed E-state index contributed by atoms with van der Waals surface area (Å²) >= 11 is 1.75. The van der Waals surface area contributed by atoms with Crippen LogP contribution in [0.25, 0.3) is 10.9 Å². The maximum atomic E-state index is 12.5. The van der Waals surface area contributed by atoms with E-state index in [1.807, 2.05) is 24.3 Å². The fraction of sp³-hybridized carbons (Fsp3) is 0.320. The van der Waals surface area contributed by atoms with E-state index in [2.05, 4.69) is 5.32 Å². The first-order valence-corrected chi connectivity index (χ1v) is 11.8. The molecule has 1 atom stereocenters. The molecule has 5 nitrogen and oxygen atoms in total. The van der Waals surface area contributed by atoms with Gasteiger partial charge in [-0.25, -0.2) is 0 Å². The van der Waals surface area contributed by atoms with E-state index in [9.17, 15) is 18.0 Å². The van der Waals surface area contributed by atoms with E-state index in [0.29, 0.717) is 0 Å². The van der Waals surface area contributed by atoms with Crippen molar-refractivity contribution in [1.82, 2.24) is 9.88 Å². The molecule has 0 spiro atoms. The number of carbonyl (C=O) groups is 1. The van der Waals surface area contributed by atoms with Crippen molar-refractivity contribution in [2.24, 2.45) is 0 Å². The summed E-state index contributed by atoms with van der Waals surface area (Å²) in [4.78, 5) is 12.0. The Bertz CT molecular complexity index is 1180. The van der Waals surface area contributed by atoms with Crippen LogP contribution in [0, 0.1) is 0 Å². The van der Waals surface area contributed by atoms with Crippen LogP contribution in [-0.2, 0) is 17.5 Å². The Kier molecular flexibility index (Phi) is 7.11. The largest absolute Gasteiger partial charge is 0.497 e. The van der Waals surface area contributed by atoms with Crippen molar-refractivity contribution in [1.29, 1.82) is 0 Å². The van der Waals surface area contributed by atoms with E-state index in [4.69, 9.17) is 9.84 Å². The van der Waals surface area contributed by atoms with Gasteiger partial charge < -0.3 is 19.7 Å². The number of hydrogen-bond donors (Lipinski definition) is 2. The van der Waals surface area contributed by atoms with Crippen LogP contribution in [0.1, 0.15) is 42.2 Å². The van der Waals surface area contributed by atoms with Crippen molar-refractivity contribution in [3.8, 4) is 5.75 Å². The minimum Gasteiger partial charge on any atom is -0.497 e. The molecule has 0 saturated carbocycles. The summed E-state index contributed by atoms with van der Waals surface area (Å²) in [6.45, 7) is -0.0180. The molecule has 0 saturated heterocycles. The molecule has 0 radical (unpaired) electrons. The lowest BCUT2D eigenvalue weighted by atomic mass is 10.0. The smallest absolute Gasteiger partial charge is 0.416 e. The number of alkyl halides is 3. The number of rotatable bonds is 4. The molecule has 2 N–H and O–H groups in total. The van der Waals surface area contributed by atoms with Crippen molar-refractivity contribution in [3.05, 3.63) is 76.5 Å². The number of aliphatic carboxylic acids is 1. The van der Waals surface area contributed by atoms with E-state index in [0.717, 1.165) is 47.2 Å². The quantitative estimate of drug-likeness (QED) is 0.434. The number of carboxylic acids is 1. The van der Waals surface area contributed by atoms with Crippen molar-refractivity contribution in [2.45, 2.75) is 43.8 Å². The standard InChI is InChI=1S/C14H14F3NS.C11H11NO3/c15-14(16,17)10-7-5-9(6-8-10)13-18-11-3-1-2-4-12(11)19-13;1-15-9-2-3-10-8(6-9)4-5-12(10)7-11(13)14/h5-8,13,18H,1-4H2;2-6H,7H2,1H3,(H,13,14). The maximum Gasteiger partial charge on any atom is 0.416 e. The van der Waals surface area contributed by atoms with E-state index < -0.39 is 17.7 Å². The molecule has 0 bridgehead atoms. The summed E-state index contributed by atoms with van der Waals surface area (Å²) in [5.74, 6) is -0.0705. The number of carboxylic acid groups (broad SMARTS) is 1. The number of aromatic nitrogens is 1. The fourth-order valence-corrected chi connectivity index (χ4v) is 5.42. The second kappa shape index (κ2) is 10.0. The van der Waals surface area contributed by atoms with Gasteiger partial charge in [0, 0.05) is 27.7 Å². The Morgan fingerprint density at radius 2 is 1.88 bits per heavy atom. The highest BCUT2D eigenvalue weighted by atomic mass is 32.2. The van der Waals surface area contributed by atoms with Crippen molar-refractivity contribution >= 4 is 28.6 Å². The Morgan fingerprint density at radius 1 is 1.15 bits per heavy atom. The lowest BCUT2D eigenvalue weighted by molar-refractivity contribution is -0.138. The van der Waals surface area contributed by atoms with E-state index in [1.54, 1.807) is 41.8 Å². The molecule has 2 aromatic carbocycles. The van der Waals surface area contributed by atoms with Crippen LogP contribution >= 0.6 is 11.8 Å². The summed E-state index contributed by atoms with van der Waals surface area (Å²) in [7, 11) is 1.61. The lowest BCUT2D eigenvalue weighted by Crippen LogP contribution is -2.14. The molecule has 1 aliphatic heterocycles. The summed E-state index contributed by atoms with van der Waals surface area (Å²) in [6.07, 6.45) is 2.09. The van der Waals surface area contributed by atoms with Crippen molar-refractivity contribution in [3.63, 3.8) is 0 Å². The zero-order valence-electron chi connectivity index (χ0n) is 18.6. The molecule has 1 aromatic heterocycles. The van der Waals surface area contributed by atoms with Gasteiger partial charge >= 0.3 is 12.1 Å². The Balaban J connectivity index is 0.000000166. The van der Waals surface area contributed by atoms with Gasteiger partial charge in [0.25, 0.3) is 0 Å². The van der Waals surface area contributed by atoms with Gasteiger partial charge in [-0.05, 0) is 67.6 Å². The van der Waals surface area contributed by atoms with E-state index in [-0.39, 0.29) is 11.9 Å². The third kappa shape index (κ3) is 5.52. The summed E-state index contributed by atoms with van der Waals surface area (Å²) < 4.78 is 44.3. The highest BCUT2D eigenvalue weighted by molar-refractivity contribution is 8.03. The molecule has 9 heteroatoms. The molecule has 2 aliphatic rings. The Hall–Kier alpha value is -3.07. The minimum absolute atomic E-state index is 0.0180. The zero-order chi connectivity index (χ0) is 24.3. The second-order valence-electron chi connectivity index (χ2n) is 8.13. The van der Waals surface area contributed by atoms with Crippen molar-refractivity contribution < 1.29 is 27.8 Å². The number of benzene rings is 2. The third-order valence-corrected chi connectivity index (χ3v) is 7.17. The van der Waals surface area contributed by atoms with Crippen LogP contribution in [0.5, 0.6) is 5.75 Å². The first kappa shape index (κ1) is 24.1. The number of thioether (sulfide) groups is 1. The first-order chi connectivity index (χ1) is 16.2. The Labute approximate surface area is 199 Å². The van der Waals surface area contributed by atoms with Gasteiger partial charge in [0.05, 0.1) is 12.7 Å². The van der Waals surface area contributed by atoms with Gasteiger partial charge in [0.15, 0.2) is 0 Å². The van der Waals surface area contributed by atoms with Crippen LogP contribution < -0.4 is 10.1 Å². The Morgan fingerprint density at radius 3 is 2.53 bits per heavy atom. The molecule has 180 valence electrons. The van der Waals surface area contributed by atoms with Crippen LogP contribution in [0.15, 0.2) is 65.3 Å². The number of ether oxygens (including phenoxy) is 1. The summed E-state index contributed by atoms with van der Waals surface area (Å²) in [5.41, 5.74) is 2.52. The molecule has 3 aromatic rings. The van der Waals surface area contributed by atoms with Crippen molar-refractivity contribution in [2.75, 3.05) is 7.11 Å². The van der Waals surface area contributed by atoms with Gasteiger partial charge in [0.1, 0.15) is 17.7 Å². The number of nitrogens with zero attached hydrogens (tertiary/aromatic N) is 1. The van der Waals surface area contributed by atoms with Crippen LogP contribution in [0.3, 0.4) is 0 Å². The number of halogens is 3. The average molecular weight is 491 g/mol. The zero-order valence-corrected chi connectivity index (χ0v) is 19.4. The fourth-order valence-electron chi connectivity index (χ4n) is 4.08. The van der Waals surface area contributed by atoms with Crippen LogP contribution in [0.2, 0.25) is 0 Å². The lowest BCUT2D eigenvalue weighted by Gasteiger charge is -2.14. The van der Waals surface area contributed by atoms with Gasteiger partial charge in [-0.2, -0.15) is 13.2 Å².